The number of halogens is 1. The van der Waals surface area contributed by atoms with Gasteiger partial charge in [-0.1, -0.05) is 6.07 Å². The van der Waals surface area contributed by atoms with Crippen molar-refractivity contribution in [3.8, 4) is 5.75 Å². The van der Waals surface area contributed by atoms with Gasteiger partial charge in [0, 0.05) is 17.8 Å². The van der Waals surface area contributed by atoms with Crippen molar-refractivity contribution in [1.82, 2.24) is 4.57 Å². The van der Waals surface area contributed by atoms with Gasteiger partial charge in [0.1, 0.15) is 17.2 Å². The zero-order valence-electron chi connectivity index (χ0n) is 11.3. The molecule has 0 saturated heterocycles. The van der Waals surface area contributed by atoms with E-state index in [0.29, 0.717) is 17.0 Å². The lowest BCUT2D eigenvalue weighted by atomic mass is 9.99. The Labute approximate surface area is 115 Å². The van der Waals surface area contributed by atoms with Gasteiger partial charge < -0.3 is 4.74 Å². The van der Waals surface area contributed by atoms with E-state index in [9.17, 15) is 9.18 Å². The van der Waals surface area contributed by atoms with E-state index in [1.807, 2.05) is 19.9 Å². The fourth-order valence-electron chi connectivity index (χ4n) is 2.34. The molecule has 1 aromatic heterocycles. The fraction of sp³-hybridized carbons (Fsp3) is 0.188. The van der Waals surface area contributed by atoms with Crippen LogP contribution in [0.2, 0.25) is 0 Å². The molecule has 20 heavy (non-hydrogen) atoms. The molecular weight excluding hydrogens is 257 g/mol. The second-order valence-electron chi connectivity index (χ2n) is 5.28. The van der Waals surface area contributed by atoms with Crippen molar-refractivity contribution >= 4 is 5.70 Å². The molecule has 0 spiro atoms. The van der Waals surface area contributed by atoms with Crippen molar-refractivity contribution in [3.05, 3.63) is 70.4 Å². The third kappa shape index (κ3) is 2.13. The zero-order valence-corrected chi connectivity index (χ0v) is 11.3. The van der Waals surface area contributed by atoms with Crippen molar-refractivity contribution in [2.24, 2.45) is 0 Å². The number of pyridine rings is 1. The molecule has 0 atom stereocenters. The number of hydrogen-bond acceptors (Lipinski definition) is 2. The molecule has 2 heterocycles. The van der Waals surface area contributed by atoms with Crippen LogP contribution in [0, 0.1) is 5.82 Å². The second kappa shape index (κ2) is 4.34. The van der Waals surface area contributed by atoms with Crippen LogP contribution in [0.3, 0.4) is 0 Å². The minimum atomic E-state index is -0.560. The number of ether oxygens (including phenoxy) is 1. The summed E-state index contributed by atoms with van der Waals surface area (Å²) in [5.74, 6) is 0.214. The Kier molecular flexibility index (Phi) is 2.74. The maximum atomic E-state index is 13.5. The number of rotatable bonds is 1. The molecule has 0 N–H and O–H groups in total. The highest BCUT2D eigenvalue weighted by Gasteiger charge is 2.27. The first-order valence-corrected chi connectivity index (χ1v) is 6.36. The highest BCUT2D eigenvalue weighted by atomic mass is 19.1. The van der Waals surface area contributed by atoms with Crippen LogP contribution in [0.5, 0.6) is 5.75 Å². The topological polar surface area (TPSA) is 31.2 Å². The average Bonchev–Trinajstić information content (AvgIpc) is 2.38. The molecule has 3 nitrogen and oxygen atoms in total. The van der Waals surface area contributed by atoms with Gasteiger partial charge in [0.25, 0.3) is 5.56 Å². The van der Waals surface area contributed by atoms with E-state index in [1.165, 1.54) is 22.8 Å². The Morgan fingerprint density at radius 1 is 1.20 bits per heavy atom. The van der Waals surface area contributed by atoms with E-state index in [2.05, 4.69) is 0 Å². The predicted molar refractivity (Wildman–Crippen MR) is 75.2 cm³/mol. The molecular formula is C16H14FNO2. The Balaban J connectivity index is 2.28. The quantitative estimate of drug-likeness (QED) is 0.798. The lowest BCUT2D eigenvalue weighted by Gasteiger charge is -2.31. The number of benzene rings is 1. The first kappa shape index (κ1) is 12.7. The van der Waals surface area contributed by atoms with E-state index in [0.717, 1.165) is 0 Å². The van der Waals surface area contributed by atoms with Gasteiger partial charge in [-0.3, -0.25) is 9.36 Å². The number of aromatic nitrogens is 1. The van der Waals surface area contributed by atoms with Gasteiger partial charge in [0.05, 0.1) is 5.70 Å². The van der Waals surface area contributed by atoms with Gasteiger partial charge >= 0.3 is 0 Å². The molecule has 3 rings (SSSR count). The summed E-state index contributed by atoms with van der Waals surface area (Å²) in [6.45, 7) is 3.79. The molecule has 102 valence electrons. The van der Waals surface area contributed by atoms with Gasteiger partial charge in [-0.15, -0.1) is 0 Å². The van der Waals surface area contributed by atoms with Crippen molar-refractivity contribution in [3.63, 3.8) is 0 Å². The van der Waals surface area contributed by atoms with E-state index in [4.69, 9.17) is 4.74 Å². The van der Waals surface area contributed by atoms with Crippen LogP contribution in [0.15, 0.2) is 53.5 Å². The van der Waals surface area contributed by atoms with Crippen LogP contribution >= 0.6 is 0 Å². The zero-order chi connectivity index (χ0) is 14.3. The minimum absolute atomic E-state index is 0.160. The maximum Gasteiger partial charge on any atom is 0.255 e. The monoisotopic (exact) mass is 271 g/mol. The van der Waals surface area contributed by atoms with E-state index in [-0.39, 0.29) is 11.4 Å². The molecule has 0 saturated carbocycles. The minimum Gasteiger partial charge on any atom is -0.483 e. The summed E-state index contributed by atoms with van der Waals surface area (Å²) in [5.41, 5.74) is 0.501. The smallest absolute Gasteiger partial charge is 0.255 e. The SMILES string of the molecule is CC1(C)C=C(n2ccccc2=O)c2cc(F)ccc2O1. The van der Waals surface area contributed by atoms with E-state index in [1.54, 1.807) is 24.4 Å². The van der Waals surface area contributed by atoms with Gasteiger partial charge in [-0.25, -0.2) is 4.39 Å². The summed E-state index contributed by atoms with van der Waals surface area (Å²) in [7, 11) is 0. The summed E-state index contributed by atoms with van der Waals surface area (Å²) in [4.78, 5) is 12.0. The molecule has 0 bridgehead atoms. The summed E-state index contributed by atoms with van der Waals surface area (Å²) >= 11 is 0. The average molecular weight is 271 g/mol. The molecule has 0 unspecified atom stereocenters. The normalized spacial score (nSPS) is 16.1. The molecule has 2 aromatic rings. The molecule has 1 aliphatic heterocycles. The Morgan fingerprint density at radius 3 is 2.75 bits per heavy atom. The molecule has 0 aliphatic carbocycles. The van der Waals surface area contributed by atoms with Crippen LogP contribution < -0.4 is 10.3 Å². The third-order valence-electron chi connectivity index (χ3n) is 3.16. The molecule has 4 heteroatoms. The highest BCUT2D eigenvalue weighted by Crippen LogP contribution is 2.36. The number of fused-ring (bicyclic) bond motifs is 1. The summed E-state index contributed by atoms with van der Waals surface area (Å²) in [6.07, 6.45) is 3.50. The molecule has 0 fully saturated rings. The van der Waals surface area contributed by atoms with E-state index < -0.39 is 5.60 Å². The standard InChI is InChI=1S/C16H14FNO2/c1-16(2)10-13(18-8-4-3-5-15(18)19)12-9-11(17)6-7-14(12)20-16/h3-10H,1-2H3. The number of nitrogens with zero attached hydrogens (tertiary/aromatic N) is 1. The van der Waals surface area contributed by atoms with Crippen molar-refractivity contribution in [1.29, 1.82) is 0 Å². The number of hydrogen-bond donors (Lipinski definition) is 0. The summed E-state index contributed by atoms with van der Waals surface area (Å²) < 4.78 is 20.8. The van der Waals surface area contributed by atoms with Gasteiger partial charge in [-0.05, 0) is 44.2 Å². The van der Waals surface area contributed by atoms with Gasteiger partial charge in [0.2, 0.25) is 0 Å². The first-order chi connectivity index (χ1) is 9.46. The predicted octanol–water partition coefficient (Wildman–Crippen LogP) is 3.05. The Morgan fingerprint density at radius 2 is 2.00 bits per heavy atom. The maximum absolute atomic E-state index is 13.5. The summed E-state index contributed by atoms with van der Waals surface area (Å²) in [6, 6.07) is 9.25. The lowest BCUT2D eigenvalue weighted by molar-refractivity contribution is 0.157. The summed E-state index contributed by atoms with van der Waals surface area (Å²) in [5, 5.41) is 0. The van der Waals surface area contributed by atoms with Crippen molar-refractivity contribution < 1.29 is 9.13 Å². The van der Waals surface area contributed by atoms with Crippen LogP contribution in [-0.4, -0.2) is 10.2 Å². The van der Waals surface area contributed by atoms with Crippen LogP contribution in [-0.2, 0) is 0 Å². The highest BCUT2D eigenvalue weighted by molar-refractivity contribution is 5.73. The van der Waals surface area contributed by atoms with Gasteiger partial charge in [0.15, 0.2) is 0 Å². The van der Waals surface area contributed by atoms with Crippen LogP contribution in [0.1, 0.15) is 19.4 Å². The fourth-order valence-corrected chi connectivity index (χ4v) is 2.34. The Bertz CT molecular complexity index is 759. The van der Waals surface area contributed by atoms with E-state index >= 15 is 0 Å². The van der Waals surface area contributed by atoms with Crippen LogP contribution in [0.4, 0.5) is 4.39 Å². The van der Waals surface area contributed by atoms with Crippen molar-refractivity contribution in [2.45, 2.75) is 19.4 Å². The van der Waals surface area contributed by atoms with Crippen LogP contribution in [0.25, 0.3) is 5.70 Å². The molecule has 0 amide bonds. The molecule has 0 radical (unpaired) electrons. The lowest BCUT2D eigenvalue weighted by Crippen LogP contribution is -2.32. The second-order valence-corrected chi connectivity index (χ2v) is 5.28. The van der Waals surface area contributed by atoms with Gasteiger partial charge in [-0.2, -0.15) is 0 Å². The molecule has 1 aliphatic rings. The Hall–Kier alpha value is -2.36. The molecule has 1 aromatic carbocycles. The van der Waals surface area contributed by atoms with Crippen molar-refractivity contribution in [2.75, 3.05) is 0 Å². The first-order valence-electron chi connectivity index (χ1n) is 6.36. The largest absolute Gasteiger partial charge is 0.483 e. The third-order valence-corrected chi connectivity index (χ3v) is 3.16.